The normalized spacial score (nSPS) is 15.8. The van der Waals surface area contributed by atoms with Crippen LogP contribution in [0, 0.1) is 23.3 Å². The van der Waals surface area contributed by atoms with E-state index in [9.17, 15) is 17.6 Å². The van der Waals surface area contributed by atoms with E-state index in [1.54, 1.807) is 9.80 Å². The van der Waals surface area contributed by atoms with Gasteiger partial charge < -0.3 is 9.80 Å². The molecular weight excluding hydrogens is 488 g/mol. The summed E-state index contributed by atoms with van der Waals surface area (Å²) in [5.74, 6) is -2.48. The van der Waals surface area contributed by atoms with Crippen LogP contribution in [0.3, 0.4) is 0 Å². The first-order valence-corrected chi connectivity index (χ1v) is 12.2. The Morgan fingerprint density at radius 1 is 0.421 bits per heavy atom. The molecule has 0 N–H and O–H groups in total. The summed E-state index contributed by atoms with van der Waals surface area (Å²) in [5, 5.41) is 1.91. The zero-order valence-electron chi connectivity index (χ0n) is 21.5. The lowest BCUT2D eigenvalue weighted by Gasteiger charge is -2.30. The minimum Gasteiger partial charge on any atom is -0.313 e. The van der Waals surface area contributed by atoms with Crippen molar-refractivity contribution in [1.82, 2.24) is 0 Å². The van der Waals surface area contributed by atoms with E-state index in [0.29, 0.717) is 22.8 Å². The van der Waals surface area contributed by atoms with Crippen LogP contribution in [0.25, 0.3) is 11.1 Å². The first-order chi connectivity index (χ1) is 18.2. The number of anilines is 2. The van der Waals surface area contributed by atoms with Gasteiger partial charge in [-0.2, -0.15) is 0 Å². The molecule has 3 aromatic carbocycles. The predicted octanol–water partition coefficient (Wildman–Crippen LogP) is 7.20. The van der Waals surface area contributed by atoms with E-state index in [-0.39, 0.29) is 11.4 Å². The van der Waals surface area contributed by atoms with Crippen molar-refractivity contribution in [2.24, 2.45) is 0 Å². The molecule has 0 unspecified atom stereocenters. The predicted molar refractivity (Wildman–Crippen MR) is 145 cm³/mol. The summed E-state index contributed by atoms with van der Waals surface area (Å²) in [6.45, 7) is 7.28. The van der Waals surface area contributed by atoms with Gasteiger partial charge in [0.2, 0.25) is 0 Å². The summed E-state index contributed by atoms with van der Waals surface area (Å²) in [7, 11) is 0. The number of halogens is 4. The highest BCUT2D eigenvalue weighted by molar-refractivity contribution is 5.78. The smallest absolute Gasteiger partial charge is 0.150 e. The lowest BCUT2D eigenvalue weighted by molar-refractivity contribution is 0.581. The molecule has 0 fully saturated rings. The second-order valence-electron chi connectivity index (χ2n) is 9.44. The minimum absolute atomic E-state index is 0.0910. The molecule has 0 saturated carbocycles. The van der Waals surface area contributed by atoms with Crippen LogP contribution in [0.5, 0.6) is 0 Å². The number of para-hydroxylation sites is 2. The number of hydrogen-bond acceptors (Lipinski definition) is 2. The van der Waals surface area contributed by atoms with Gasteiger partial charge in [0, 0.05) is 22.8 Å². The zero-order valence-corrected chi connectivity index (χ0v) is 21.5. The largest absolute Gasteiger partial charge is 0.313 e. The van der Waals surface area contributed by atoms with Gasteiger partial charge in [0.05, 0.1) is 0 Å². The number of rotatable bonds is 2. The molecule has 0 atom stereocenters. The molecule has 3 aromatic rings. The highest BCUT2D eigenvalue weighted by atomic mass is 19.1. The Labute approximate surface area is 219 Å². The highest BCUT2D eigenvalue weighted by Gasteiger charge is 2.23. The molecule has 0 aromatic heterocycles. The first-order valence-electron chi connectivity index (χ1n) is 12.2. The lowest BCUT2D eigenvalue weighted by Crippen LogP contribution is -2.25. The fraction of sp³-hybridized carbons (Fsp3) is 0.125. The number of hydrogen-bond donors (Lipinski definition) is 0. The van der Waals surface area contributed by atoms with Gasteiger partial charge in [0.15, 0.2) is 0 Å². The average Bonchev–Trinajstić information content (AvgIpc) is 2.86. The van der Waals surface area contributed by atoms with Gasteiger partial charge in [-0.1, -0.05) is 36.4 Å². The van der Waals surface area contributed by atoms with Crippen molar-refractivity contribution in [2.75, 3.05) is 9.80 Å². The molecule has 0 amide bonds. The zero-order chi connectivity index (χ0) is 27.1. The molecule has 5 rings (SSSR count). The second-order valence-corrected chi connectivity index (χ2v) is 9.44. The molecular formula is C32H26F4N2. The Kier molecular flexibility index (Phi) is 6.57. The van der Waals surface area contributed by atoms with E-state index in [0.717, 1.165) is 21.6 Å². The molecule has 6 heteroatoms. The fourth-order valence-electron chi connectivity index (χ4n) is 5.10. The molecule has 2 aliphatic heterocycles. The maximum absolute atomic E-state index is 14.4. The Bertz CT molecular complexity index is 1480. The monoisotopic (exact) mass is 514 g/mol. The van der Waals surface area contributed by atoms with Crippen molar-refractivity contribution in [3.05, 3.63) is 141 Å². The quantitative estimate of drug-likeness (QED) is 0.334. The molecule has 2 heterocycles. The summed E-state index contributed by atoms with van der Waals surface area (Å²) in [4.78, 5) is 3.15. The van der Waals surface area contributed by atoms with Gasteiger partial charge in [-0.3, -0.25) is 0 Å². The summed E-state index contributed by atoms with van der Waals surface area (Å²) < 4.78 is 57.8. The molecule has 192 valence electrons. The SMILES string of the molecule is CC1=CC(=c2ccc(=C3C=C(C)N(c4c(F)cccc4F)C(C)=C3)cc2)C=C(C)N1c1c(F)cccc1F. The molecule has 0 aliphatic carbocycles. The van der Waals surface area contributed by atoms with E-state index in [2.05, 4.69) is 0 Å². The molecule has 2 nitrogen and oxygen atoms in total. The average molecular weight is 515 g/mol. The van der Waals surface area contributed by atoms with Crippen LogP contribution in [-0.2, 0) is 0 Å². The molecule has 0 radical (unpaired) electrons. The second kappa shape index (κ2) is 9.86. The van der Waals surface area contributed by atoms with E-state index >= 15 is 0 Å². The molecule has 2 aliphatic rings. The fourth-order valence-corrected chi connectivity index (χ4v) is 5.10. The van der Waals surface area contributed by atoms with Crippen LogP contribution < -0.4 is 20.2 Å². The Morgan fingerprint density at radius 3 is 0.947 bits per heavy atom. The van der Waals surface area contributed by atoms with Crippen LogP contribution in [0.15, 0.2) is 108 Å². The van der Waals surface area contributed by atoms with E-state index in [1.165, 1.54) is 36.4 Å². The Balaban J connectivity index is 1.52. The van der Waals surface area contributed by atoms with Gasteiger partial charge >= 0.3 is 0 Å². The van der Waals surface area contributed by atoms with E-state index in [4.69, 9.17) is 0 Å². The summed E-state index contributed by atoms with van der Waals surface area (Å²) in [5.41, 5.74) is 4.47. The third-order valence-electron chi connectivity index (χ3n) is 6.74. The van der Waals surface area contributed by atoms with Crippen LogP contribution in [0.4, 0.5) is 28.9 Å². The lowest BCUT2D eigenvalue weighted by atomic mass is 10.0. The van der Waals surface area contributed by atoms with Gasteiger partial charge in [0.1, 0.15) is 34.6 Å². The maximum atomic E-state index is 14.4. The van der Waals surface area contributed by atoms with Crippen molar-refractivity contribution in [2.45, 2.75) is 27.7 Å². The number of nitrogens with zero attached hydrogens (tertiary/aromatic N) is 2. The topological polar surface area (TPSA) is 6.48 Å². The van der Waals surface area contributed by atoms with Crippen molar-refractivity contribution >= 4 is 22.5 Å². The van der Waals surface area contributed by atoms with Crippen molar-refractivity contribution in [3.63, 3.8) is 0 Å². The molecule has 0 bridgehead atoms. The van der Waals surface area contributed by atoms with Gasteiger partial charge in [0.25, 0.3) is 0 Å². The molecule has 0 saturated heterocycles. The van der Waals surface area contributed by atoms with Crippen molar-refractivity contribution in [1.29, 1.82) is 0 Å². The van der Waals surface area contributed by atoms with Gasteiger partial charge in [-0.05, 0) is 97.8 Å². The van der Waals surface area contributed by atoms with E-state index in [1.807, 2.05) is 76.3 Å². The van der Waals surface area contributed by atoms with Gasteiger partial charge in [-0.25, -0.2) is 17.6 Å². The maximum Gasteiger partial charge on any atom is 0.150 e. The van der Waals surface area contributed by atoms with Crippen molar-refractivity contribution < 1.29 is 17.6 Å². The first kappa shape index (κ1) is 25.3. The van der Waals surface area contributed by atoms with E-state index < -0.39 is 23.3 Å². The van der Waals surface area contributed by atoms with Crippen LogP contribution in [-0.4, -0.2) is 0 Å². The standard InChI is InChI=1S/C32H26F4N2/c1-19-15-25(16-20(2)37(19)31-27(33)7-5-8-28(31)34)23-11-13-24(14-12-23)26-17-21(3)38(22(4)18-26)32-29(35)9-6-10-30(32)36/h5-18H,1-4H3. The van der Waals surface area contributed by atoms with Crippen molar-refractivity contribution in [3.8, 4) is 0 Å². The highest BCUT2D eigenvalue weighted by Crippen LogP contribution is 2.34. The Hall–Kier alpha value is -4.32. The summed E-state index contributed by atoms with van der Waals surface area (Å²) in [6, 6.07) is 15.6. The summed E-state index contributed by atoms with van der Waals surface area (Å²) in [6.07, 6.45) is 7.60. The number of allylic oxidation sites excluding steroid dienone is 8. The third-order valence-corrected chi connectivity index (χ3v) is 6.74. The van der Waals surface area contributed by atoms with Crippen LogP contribution in [0.1, 0.15) is 27.7 Å². The molecule has 0 spiro atoms. The van der Waals surface area contributed by atoms with Crippen LogP contribution in [0.2, 0.25) is 0 Å². The Morgan fingerprint density at radius 2 is 0.684 bits per heavy atom. The number of benzene rings is 3. The third kappa shape index (κ3) is 4.47. The van der Waals surface area contributed by atoms with Gasteiger partial charge in [-0.15, -0.1) is 0 Å². The minimum atomic E-state index is -0.620. The molecule has 38 heavy (non-hydrogen) atoms. The summed E-state index contributed by atoms with van der Waals surface area (Å²) >= 11 is 0. The van der Waals surface area contributed by atoms with Crippen LogP contribution >= 0.6 is 0 Å².